The van der Waals surface area contributed by atoms with E-state index < -0.39 is 11.4 Å². The molecule has 1 aliphatic carbocycles. The quantitative estimate of drug-likeness (QED) is 0.723. The monoisotopic (exact) mass is 257 g/mol. The number of carboxylic acid groups (broad SMARTS) is 1. The number of aliphatic carboxylic acids is 1. The van der Waals surface area contributed by atoms with Gasteiger partial charge in [0.25, 0.3) is 0 Å². The van der Waals surface area contributed by atoms with E-state index >= 15 is 0 Å². The van der Waals surface area contributed by atoms with E-state index in [0.29, 0.717) is 19.6 Å². The van der Waals surface area contributed by atoms with E-state index in [9.17, 15) is 9.59 Å². The molecule has 0 atom stereocenters. The molecule has 0 bridgehead atoms. The van der Waals surface area contributed by atoms with E-state index in [2.05, 4.69) is 5.32 Å². The minimum atomic E-state index is -0.841. The van der Waals surface area contributed by atoms with Crippen molar-refractivity contribution < 1.29 is 19.4 Å². The average Bonchev–Trinajstić information content (AvgIpc) is 2.22. The zero-order valence-electron chi connectivity index (χ0n) is 11.4. The second kappa shape index (κ2) is 5.69. The van der Waals surface area contributed by atoms with Crippen molar-refractivity contribution in [2.75, 3.05) is 20.3 Å². The van der Waals surface area contributed by atoms with Crippen LogP contribution in [0.1, 0.15) is 39.5 Å². The topological polar surface area (TPSA) is 75.6 Å². The molecule has 0 aliphatic heterocycles. The Bertz CT molecular complexity index is 321. The fourth-order valence-electron chi connectivity index (χ4n) is 2.10. The van der Waals surface area contributed by atoms with Gasteiger partial charge in [0.2, 0.25) is 5.91 Å². The molecule has 1 amide bonds. The molecule has 0 spiro atoms. The second-order valence-electron chi connectivity index (χ2n) is 5.76. The van der Waals surface area contributed by atoms with Gasteiger partial charge in [0.05, 0.1) is 17.4 Å². The maximum absolute atomic E-state index is 12.1. The molecule has 0 radical (unpaired) electrons. The lowest BCUT2D eigenvalue weighted by Crippen LogP contribution is -2.49. The van der Waals surface area contributed by atoms with Crippen LogP contribution in [0.3, 0.4) is 0 Å². The van der Waals surface area contributed by atoms with Gasteiger partial charge in [-0.25, -0.2) is 0 Å². The molecule has 0 aromatic heterocycles. The van der Waals surface area contributed by atoms with Crippen molar-refractivity contribution in [3.8, 4) is 0 Å². The Kier molecular flexibility index (Phi) is 4.73. The molecule has 18 heavy (non-hydrogen) atoms. The Labute approximate surface area is 108 Å². The smallest absolute Gasteiger partial charge is 0.309 e. The highest BCUT2D eigenvalue weighted by molar-refractivity contribution is 5.83. The van der Waals surface area contributed by atoms with Crippen molar-refractivity contribution in [2.24, 2.45) is 10.8 Å². The summed E-state index contributed by atoms with van der Waals surface area (Å²) in [5.74, 6) is -0.844. The predicted octanol–water partition coefficient (Wildman–Crippen LogP) is 1.42. The number of carboxylic acids is 1. The first-order chi connectivity index (χ1) is 8.34. The molecule has 5 heteroatoms. The van der Waals surface area contributed by atoms with E-state index in [1.165, 1.54) is 0 Å². The van der Waals surface area contributed by atoms with Crippen LogP contribution in [0.2, 0.25) is 0 Å². The van der Waals surface area contributed by atoms with Gasteiger partial charge in [-0.3, -0.25) is 9.59 Å². The number of carbonyl (C=O) groups is 2. The zero-order valence-corrected chi connectivity index (χ0v) is 11.4. The number of carbonyl (C=O) groups excluding carboxylic acids is 1. The number of nitrogens with one attached hydrogen (secondary N) is 1. The first kappa shape index (κ1) is 15.0. The highest BCUT2D eigenvalue weighted by atomic mass is 16.5. The third-order valence-electron chi connectivity index (χ3n) is 3.83. The van der Waals surface area contributed by atoms with Crippen LogP contribution in [0.5, 0.6) is 0 Å². The molecule has 1 saturated carbocycles. The molecule has 1 aliphatic rings. The van der Waals surface area contributed by atoms with E-state index in [4.69, 9.17) is 9.84 Å². The first-order valence-electron chi connectivity index (χ1n) is 6.35. The number of methoxy groups -OCH3 is 1. The van der Waals surface area contributed by atoms with Gasteiger partial charge in [-0.05, 0) is 33.1 Å². The van der Waals surface area contributed by atoms with Crippen molar-refractivity contribution in [2.45, 2.75) is 39.5 Å². The number of rotatable bonds is 7. The summed E-state index contributed by atoms with van der Waals surface area (Å²) < 4.78 is 5.10. The number of ether oxygens (including phenoxy) is 1. The second-order valence-corrected chi connectivity index (χ2v) is 5.76. The van der Waals surface area contributed by atoms with Crippen LogP contribution >= 0.6 is 0 Å². The highest BCUT2D eigenvalue weighted by Crippen LogP contribution is 2.41. The van der Waals surface area contributed by atoms with Crippen molar-refractivity contribution in [1.82, 2.24) is 5.32 Å². The van der Waals surface area contributed by atoms with Crippen LogP contribution in [0.25, 0.3) is 0 Å². The minimum absolute atomic E-state index is 0.00297. The van der Waals surface area contributed by atoms with E-state index in [0.717, 1.165) is 19.3 Å². The summed E-state index contributed by atoms with van der Waals surface area (Å²) in [5, 5.41) is 11.8. The van der Waals surface area contributed by atoms with Crippen LogP contribution in [-0.2, 0) is 14.3 Å². The summed E-state index contributed by atoms with van der Waals surface area (Å²) in [5.41, 5.74) is -1.18. The van der Waals surface area contributed by atoms with Gasteiger partial charge in [-0.15, -0.1) is 0 Å². The highest BCUT2D eigenvalue weighted by Gasteiger charge is 2.44. The molecule has 0 aromatic rings. The van der Waals surface area contributed by atoms with E-state index in [-0.39, 0.29) is 11.3 Å². The molecular weight excluding hydrogens is 234 g/mol. The average molecular weight is 257 g/mol. The zero-order chi connectivity index (χ0) is 13.8. The van der Waals surface area contributed by atoms with Crippen molar-refractivity contribution >= 4 is 11.9 Å². The standard InChI is InChI=1S/C13H23NO4/c1-12(2,11(16)17)7-8-14-10(15)13(9-18-3)5-4-6-13/h4-9H2,1-3H3,(H,14,15)(H,16,17). The lowest BCUT2D eigenvalue weighted by Gasteiger charge is -2.39. The Balaban J connectivity index is 2.39. The SMILES string of the molecule is COCC1(C(=O)NCCC(C)(C)C(=O)O)CCC1. The summed E-state index contributed by atoms with van der Waals surface area (Å²) >= 11 is 0. The van der Waals surface area contributed by atoms with Gasteiger partial charge in [0.15, 0.2) is 0 Å². The molecule has 1 fully saturated rings. The number of hydrogen-bond acceptors (Lipinski definition) is 3. The van der Waals surface area contributed by atoms with E-state index in [1.54, 1.807) is 21.0 Å². The lowest BCUT2D eigenvalue weighted by molar-refractivity contribution is -0.148. The number of amides is 1. The molecule has 0 saturated heterocycles. The summed E-state index contributed by atoms with van der Waals surface area (Å²) in [4.78, 5) is 23.0. The number of hydrogen-bond donors (Lipinski definition) is 2. The van der Waals surface area contributed by atoms with Crippen LogP contribution in [0, 0.1) is 10.8 Å². The van der Waals surface area contributed by atoms with Crippen LogP contribution in [0.4, 0.5) is 0 Å². The molecule has 104 valence electrons. The summed E-state index contributed by atoms with van der Waals surface area (Å²) in [6.07, 6.45) is 3.19. The van der Waals surface area contributed by atoms with E-state index in [1.807, 2.05) is 0 Å². The maximum Gasteiger partial charge on any atom is 0.309 e. The predicted molar refractivity (Wildman–Crippen MR) is 67.2 cm³/mol. The summed E-state index contributed by atoms with van der Waals surface area (Å²) in [6, 6.07) is 0. The maximum atomic E-state index is 12.1. The Hall–Kier alpha value is -1.10. The van der Waals surface area contributed by atoms with Crippen LogP contribution in [-0.4, -0.2) is 37.2 Å². The van der Waals surface area contributed by atoms with Crippen molar-refractivity contribution in [3.63, 3.8) is 0 Å². The van der Waals surface area contributed by atoms with Gasteiger partial charge >= 0.3 is 5.97 Å². The molecular formula is C13H23NO4. The normalized spacial score (nSPS) is 17.9. The largest absolute Gasteiger partial charge is 0.481 e. The molecule has 0 unspecified atom stereocenters. The molecule has 0 aromatic carbocycles. The Morgan fingerprint density at radius 3 is 2.39 bits per heavy atom. The minimum Gasteiger partial charge on any atom is -0.481 e. The summed E-state index contributed by atoms with van der Waals surface area (Å²) in [7, 11) is 1.60. The van der Waals surface area contributed by atoms with Gasteiger partial charge in [-0.2, -0.15) is 0 Å². The fraction of sp³-hybridized carbons (Fsp3) is 0.846. The molecule has 5 nitrogen and oxygen atoms in total. The lowest BCUT2D eigenvalue weighted by atomic mass is 9.68. The molecule has 1 rings (SSSR count). The third-order valence-corrected chi connectivity index (χ3v) is 3.83. The Morgan fingerprint density at radius 1 is 1.39 bits per heavy atom. The first-order valence-corrected chi connectivity index (χ1v) is 6.35. The molecule has 2 N–H and O–H groups in total. The molecule has 0 heterocycles. The van der Waals surface area contributed by atoms with Crippen molar-refractivity contribution in [1.29, 1.82) is 0 Å². The van der Waals surface area contributed by atoms with Crippen LogP contribution in [0.15, 0.2) is 0 Å². The van der Waals surface area contributed by atoms with Crippen LogP contribution < -0.4 is 5.32 Å². The summed E-state index contributed by atoms with van der Waals surface area (Å²) in [6.45, 7) is 4.16. The third kappa shape index (κ3) is 3.22. The van der Waals surface area contributed by atoms with Gasteiger partial charge in [0, 0.05) is 13.7 Å². The van der Waals surface area contributed by atoms with Gasteiger partial charge in [0.1, 0.15) is 0 Å². The van der Waals surface area contributed by atoms with Crippen molar-refractivity contribution in [3.05, 3.63) is 0 Å². The fourth-order valence-corrected chi connectivity index (χ4v) is 2.10. The van der Waals surface area contributed by atoms with Gasteiger partial charge < -0.3 is 15.2 Å². The Morgan fingerprint density at radius 2 is 2.00 bits per heavy atom. The van der Waals surface area contributed by atoms with Gasteiger partial charge in [-0.1, -0.05) is 6.42 Å².